The number of carbonyl (C=O) groups excluding carboxylic acids is 2. The van der Waals surface area contributed by atoms with Crippen LogP contribution in [0.2, 0.25) is 0 Å². The van der Waals surface area contributed by atoms with Crippen molar-refractivity contribution in [2.75, 3.05) is 51.2 Å². The highest BCUT2D eigenvalue weighted by Crippen LogP contribution is 2.29. The molecule has 2 amide bonds. The molecule has 1 aromatic carbocycles. The number of pyridine rings is 1. The van der Waals surface area contributed by atoms with Crippen LogP contribution in [0.1, 0.15) is 48.5 Å². The number of aliphatic imine (C=N–C) groups is 1. The molecule has 2 aliphatic rings. The molecular formula is C28H37N7O3. The lowest BCUT2D eigenvalue weighted by Gasteiger charge is -2.26. The molecule has 1 fully saturated rings. The molecule has 0 atom stereocenters. The summed E-state index contributed by atoms with van der Waals surface area (Å²) in [7, 11) is 0. The molecule has 1 aromatic heterocycles. The van der Waals surface area contributed by atoms with Gasteiger partial charge in [-0.15, -0.1) is 0 Å². The Morgan fingerprint density at radius 1 is 1.11 bits per heavy atom. The second kappa shape index (κ2) is 13.6. The molecule has 3 heterocycles. The number of benzene rings is 1. The van der Waals surface area contributed by atoms with E-state index in [9.17, 15) is 9.59 Å². The third kappa shape index (κ3) is 7.55. The normalized spacial score (nSPS) is 16.5. The molecule has 2 aliphatic heterocycles. The van der Waals surface area contributed by atoms with Crippen LogP contribution in [0, 0.1) is 0 Å². The predicted octanol–water partition coefficient (Wildman–Crippen LogP) is 3.60. The zero-order valence-corrected chi connectivity index (χ0v) is 22.0. The second-order valence-corrected chi connectivity index (χ2v) is 9.36. The summed E-state index contributed by atoms with van der Waals surface area (Å²) in [6.45, 7) is 6.94. The number of aromatic nitrogens is 1. The zero-order chi connectivity index (χ0) is 26.7. The minimum Gasteiger partial charge on any atom is -0.450 e. The van der Waals surface area contributed by atoms with Gasteiger partial charge in [-0.25, -0.2) is 9.78 Å². The molecule has 1 saturated heterocycles. The molecular weight excluding hydrogens is 482 g/mol. The number of nitrogens with zero attached hydrogens (tertiary/aromatic N) is 4. The van der Waals surface area contributed by atoms with E-state index in [2.05, 4.69) is 25.5 Å². The monoisotopic (exact) mass is 519 g/mol. The number of ether oxygens (including phenoxy) is 1. The van der Waals surface area contributed by atoms with Crippen LogP contribution < -0.4 is 16.4 Å². The molecule has 0 unspecified atom stereocenters. The third-order valence-corrected chi connectivity index (χ3v) is 6.68. The average molecular weight is 520 g/mol. The van der Waals surface area contributed by atoms with Crippen molar-refractivity contribution in [3.63, 3.8) is 0 Å². The Kier molecular flexibility index (Phi) is 9.69. The number of rotatable bonds is 8. The molecule has 0 spiro atoms. The van der Waals surface area contributed by atoms with E-state index in [1.54, 1.807) is 42.3 Å². The first kappa shape index (κ1) is 27.1. The lowest BCUT2D eigenvalue weighted by Crippen LogP contribution is -2.37. The molecule has 0 aliphatic carbocycles. The molecule has 0 bridgehead atoms. The van der Waals surface area contributed by atoms with Crippen molar-refractivity contribution in [1.82, 2.24) is 20.1 Å². The molecule has 38 heavy (non-hydrogen) atoms. The van der Waals surface area contributed by atoms with Crippen molar-refractivity contribution in [2.45, 2.75) is 32.6 Å². The van der Waals surface area contributed by atoms with E-state index in [1.165, 1.54) is 19.3 Å². The van der Waals surface area contributed by atoms with Gasteiger partial charge in [0.25, 0.3) is 5.91 Å². The molecule has 2 aromatic rings. The van der Waals surface area contributed by atoms with Gasteiger partial charge in [-0.1, -0.05) is 12.5 Å². The van der Waals surface area contributed by atoms with Crippen molar-refractivity contribution in [2.24, 2.45) is 10.7 Å². The number of carbonyl (C=O) groups is 2. The molecule has 0 saturated carbocycles. The summed E-state index contributed by atoms with van der Waals surface area (Å²) in [5, 5.41) is 6.07. The third-order valence-electron chi connectivity index (χ3n) is 6.68. The minimum atomic E-state index is -0.304. The summed E-state index contributed by atoms with van der Waals surface area (Å²) in [5.41, 5.74) is 9.43. The zero-order valence-electron chi connectivity index (χ0n) is 22.0. The van der Waals surface area contributed by atoms with Crippen LogP contribution in [0.25, 0.3) is 5.57 Å². The molecule has 10 heteroatoms. The predicted molar refractivity (Wildman–Crippen MR) is 149 cm³/mol. The maximum Gasteiger partial charge on any atom is 0.410 e. The summed E-state index contributed by atoms with van der Waals surface area (Å²) >= 11 is 0. The van der Waals surface area contributed by atoms with Gasteiger partial charge in [0.2, 0.25) is 0 Å². The first-order valence-corrected chi connectivity index (χ1v) is 13.3. The fraction of sp³-hybridized carbons (Fsp3) is 0.429. The van der Waals surface area contributed by atoms with Crippen LogP contribution in [-0.4, -0.2) is 78.6 Å². The number of likely N-dealkylation sites (tertiary alicyclic amines) is 1. The highest BCUT2D eigenvalue weighted by atomic mass is 16.6. The highest BCUT2D eigenvalue weighted by Gasteiger charge is 2.20. The summed E-state index contributed by atoms with van der Waals surface area (Å²) in [6, 6.07) is 10.9. The maximum atomic E-state index is 12.5. The van der Waals surface area contributed by atoms with E-state index in [0.29, 0.717) is 44.0 Å². The lowest BCUT2D eigenvalue weighted by molar-refractivity contribution is 0.0946. The van der Waals surface area contributed by atoms with Gasteiger partial charge < -0.3 is 30.9 Å². The molecule has 4 N–H and O–H groups in total. The van der Waals surface area contributed by atoms with Gasteiger partial charge >= 0.3 is 6.09 Å². The number of nitrogens with two attached hydrogens (primary N) is 1. The van der Waals surface area contributed by atoms with E-state index >= 15 is 0 Å². The smallest absolute Gasteiger partial charge is 0.410 e. The quantitative estimate of drug-likeness (QED) is 0.359. The molecule has 10 nitrogen and oxygen atoms in total. The molecule has 0 radical (unpaired) electrons. The van der Waals surface area contributed by atoms with Gasteiger partial charge in [-0.2, -0.15) is 4.99 Å². The van der Waals surface area contributed by atoms with Gasteiger partial charge in [0, 0.05) is 49.2 Å². The summed E-state index contributed by atoms with van der Waals surface area (Å²) in [5.74, 6) is 0.599. The summed E-state index contributed by atoms with van der Waals surface area (Å²) < 4.78 is 5.09. The Bertz CT molecular complexity index is 1160. The van der Waals surface area contributed by atoms with E-state index in [1.807, 2.05) is 18.2 Å². The van der Waals surface area contributed by atoms with Crippen LogP contribution in [0.3, 0.4) is 0 Å². The Morgan fingerprint density at radius 3 is 2.61 bits per heavy atom. The van der Waals surface area contributed by atoms with E-state index in [4.69, 9.17) is 10.5 Å². The number of hydrogen-bond donors (Lipinski definition) is 3. The van der Waals surface area contributed by atoms with Gasteiger partial charge in [-0.05, 0) is 81.2 Å². The minimum absolute atomic E-state index is 0.0874. The number of nitrogens with one attached hydrogen (secondary N) is 2. The van der Waals surface area contributed by atoms with E-state index in [0.717, 1.165) is 36.5 Å². The van der Waals surface area contributed by atoms with Crippen molar-refractivity contribution >= 4 is 35.0 Å². The van der Waals surface area contributed by atoms with Gasteiger partial charge in [0.15, 0.2) is 11.8 Å². The van der Waals surface area contributed by atoms with Crippen LogP contribution >= 0.6 is 0 Å². The number of anilines is 1. The lowest BCUT2D eigenvalue weighted by atomic mass is 10.0. The van der Waals surface area contributed by atoms with Crippen LogP contribution in [0.5, 0.6) is 0 Å². The Morgan fingerprint density at radius 2 is 1.89 bits per heavy atom. The summed E-state index contributed by atoms with van der Waals surface area (Å²) in [6.07, 6.45) is 7.81. The first-order chi connectivity index (χ1) is 18.5. The van der Waals surface area contributed by atoms with Gasteiger partial charge in [0.05, 0.1) is 6.61 Å². The SMILES string of the molecule is CCOC(=O)N1CC=C(c2cccnc2N=C(N)Nc2ccc(C(=O)NCCN3CCCCC3)cc2)CC1. The van der Waals surface area contributed by atoms with E-state index < -0.39 is 0 Å². The van der Waals surface area contributed by atoms with Gasteiger partial charge in [-0.3, -0.25) is 4.79 Å². The number of amides is 2. The van der Waals surface area contributed by atoms with Crippen molar-refractivity contribution in [3.8, 4) is 0 Å². The average Bonchev–Trinajstić information content (AvgIpc) is 2.94. The van der Waals surface area contributed by atoms with Crippen LogP contribution in [-0.2, 0) is 4.74 Å². The van der Waals surface area contributed by atoms with Crippen LogP contribution in [0.4, 0.5) is 16.3 Å². The Hall–Kier alpha value is -3.92. The van der Waals surface area contributed by atoms with E-state index in [-0.39, 0.29) is 18.0 Å². The Labute approximate surface area is 224 Å². The topological polar surface area (TPSA) is 125 Å². The largest absolute Gasteiger partial charge is 0.450 e. The van der Waals surface area contributed by atoms with Crippen molar-refractivity contribution in [3.05, 3.63) is 59.8 Å². The Balaban J connectivity index is 1.33. The molecule has 4 rings (SSSR count). The maximum absolute atomic E-state index is 12.5. The second-order valence-electron chi connectivity index (χ2n) is 9.36. The van der Waals surface area contributed by atoms with Crippen molar-refractivity contribution in [1.29, 1.82) is 0 Å². The fourth-order valence-electron chi connectivity index (χ4n) is 4.64. The number of guanidine groups is 1. The standard InChI is InChI=1S/C28H37N7O3/c1-2-38-28(37)35-18-12-21(13-19-35)24-7-6-14-30-25(24)33-27(29)32-23-10-8-22(9-11-23)26(36)31-15-20-34-16-4-3-5-17-34/h6-12,14H,2-5,13,15-20H2,1H3,(H,31,36)(H3,29,30,32,33). The highest BCUT2D eigenvalue weighted by molar-refractivity contribution is 5.97. The van der Waals surface area contributed by atoms with Gasteiger partial charge in [0.1, 0.15) is 0 Å². The van der Waals surface area contributed by atoms with Crippen LogP contribution in [0.15, 0.2) is 53.7 Å². The summed E-state index contributed by atoms with van der Waals surface area (Å²) in [4.78, 5) is 37.5. The first-order valence-electron chi connectivity index (χ1n) is 13.3. The number of piperidine rings is 1. The number of hydrogen-bond acceptors (Lipinski definition) is 6. The molecule has 202 valence electrons. The van der Waals surface area contributed by atoms with Crippen molar-refractivity contribution < 1.29 is 14.3 Å². The fourth-order valence-corrected chi connectivity index (χ4v) is 4.64.